The highest BCUT2D eigenvalue weighted by molar-refractivity contribution is 4.82. The van der Waals surface area contributed by atoms with Gasteiger partial charge in [0.15, 0.2) is 0 Å². The van der Waals surface area contributed by atoms with Crippen molar-refractivity contribution in [1.29, 1.82) is 0 Å². The molecule has 0 aromatic carbocycles. The molecule has 51 heavy (non-hydrogen) atoms. The molecule has 0 radical (unpaired) electrons. The molecule has 0 heterocycles. The molecule has 0 amide bonds. The summed E-state index contributed by atoms with van der Waals surface area (Å²) in [5, 5.41) is 3.55. The normalized spacial score (nSPS) is 13.0. The van der Waals surface area contributed by atoms with Crippen molar-refractivity contribution < 1.29 is 14.0 Å². The Hall–Kier alpha value is -0.720. The molecule has 1 atom stereocenters. The first-order valence-corrected chi connectivity index (χ1v) is 22.8. The number of likely N-dealkylation sites (N-methyl/N-ethyl adjacent to an activating group) is 1. The van der Waals surface area contributed by atoms with E-state index in [9.17, 15) is 0 Å². The second-order valence-corrected chi connectivity index (χ2v) is 16.2. The van der Waals surface area contributed by atoms with Crippen LogP contribution < -0.4 is 11.1 Å². The van der Waals surface area contributed by atoms with Crippen LogP contribution in [0.5, 0.6) is 0 Å². The zero-order valence-electron chi connectivity index (χ0n) is 35.4. The van der Waals surface area contributed by atoms with Crippen LogP contribution in [-0.2, 0) is 9.47 Å². The molecule has 0 saturated carbocycles. The fourth-order valence-electron chi connectivity index (χ4n) is 6.80. The molecule has 0 aliphatic heterocycles. The van der Waals surface area contributed by atoms with Crippen LogP contribution in [-0.4, -0.2) is 77.2 Å². The van der Waals surface area contributed by atoms with E-state index in [1.807, 2.05) is 0 Å². The maximum Gasteiger partial charge on any atom is 0.130 e. The molecule has 0 fully saturated rings. The number of ether oxygens (including phenoxy) is 2. The van der Waals surface area contributed by atoms with E-state index >= 15 is 0 Å². The van der Waals surface area contributed by atoms with Crippen molar-refractivity contribution in [1.82, 2.24) is 5.32 Å². The topological polar surface area (TPSA) is 56.5 Å². The minimum Gasteiger partial charge on any atom is -0.379 e. The fraction of sp³-hybridized carbons (Fsp3) is 0.913. The second kappa shape index (κ2) is 42.0. The molecule has 0 saturated heterocycles. The van der Waals surface area contributed by atoms with E-state index in [4.69, 9.17) is 15.2 Å². The number of unbranched alkanes of at least 4 members (excludes halogenated alkanes) is 24. The van der Waals surface area contributed by atoms with E-state index in [0.717, 1.165) is 69.9 Å². The number of rotatable bonds is 43. The van der Waals surface area contributed by atoms with Crippen molar-refractivity contribution in [2.24, 2.45) is 5.73 Å². The van der Waals surface area contributed by atoms with Crippen molar-refractivity contribution >= 4 is 0 Å². The van der Waals surface area contributed by atoms with Crippen molar-refractivity contribution in [3.8, 4) is 0 Å². The van der Waals surface area contributed by atoms with Crippen molar-refractivity contribution in [2.75, 3.05) is 66.6 Å². The number of nitrogens with one attached hydrogen (secondary N) is 1. The lowest BCUT2D eigenvalue weighted by atomic mass is 10.1. The lowest BCUT2D eigenvalue weighted by molar-refractivity contribution is -0.892. The first-order valence-electron chi connectivity index (χ1n) is 22.8. The van der Waals surface area contributed by atoms with Crippen LogP contribution in [0.3, 0.4) is 0 Å². The number of hydrogen-bond acceptors (Lipinski definition) is 4. The van der Waals surface area contributed by atoms with E-state index in [0.29, 0.717) is 0 Å². The van der Waals surface area contributed by atoms with Gasteiger partial charge in [0, 0.05) is 19.8 Å². The largest absolute Gasteiger partial charge is 0.379 e. The van der Waals surface area contributed by atoms with Crippen molar-refractivity contribution in [3.05, 3.63) is 24.3 Å². The first-order chi connectivity index (χ1) is 25.1. The second-order valence-electron chi connectivity index (χ2n) is 16.2. The molecule has 0 aromatic heterocycles. The highest BCUT2D eigenvalue weighted by Gasteiger charge is 2.23. The SMILES string of the molecule is CCCCCCCC/C=C/CCCCCCCCOCC(C[N+](C)(C)CCNCCCN)OCCCCCCCC/C=C/CCCCCCCC. The molecular formula is C46H94N3O2+. The molecule has 0 bridgehead atoms. The highest BCUT2D eigenvalue weighted by atomic mass is 16.5. The molecular weight excluding hydrogens is 627 g/mol. The number of nitrogens with zero attached hydrogens (tertiary/aromatic N) is 1. The number of allylic oxidation sites excluding steroid dienone is 4. The molecule has 0 rings (SSSR count). The average Bonchev–Trinajstić information content (AvgIpc) is 3.12. The van der Waals surface area contributed by atoms with Crippen LogP contribution in [0, 0.1) is 0 Å². The Bertz CT molecular complexity index is 711. The minimum absolute atomic E-state index is 0.168. The van der Waals surface area contributed by atoms with Crippen molar-refractivity contribution in [3.63, 3.8) is 0 Å². The summed E-state index contributed by atoms with van der Waals surface area (Å²) in [6.45, 7) is 11.9. The Morgan fingerprint density at radius 3 is 1.37 bits per heavy atom. The van der Waals surface area contributed by atoms with Crippen molar-refractivity contribution in [2.45, 2.75) is 206 Å². The fourth-order valence-corrected chi connectivity index (χ4v) is 6.80. The number of nitrogens with two attached hydrogens (primary N) is 1. The maximum absolute atomic E-state index is 6.48. The summed E-state index contributed by atoms with van der Waals surface area (Å²) in [6, 6.07) is 0. The van der Waals surface area contributed by atoms with E-state index in [1.54, 1.807) is 0 Å². The molecule has 3 N–H and O–H groups in total. The zero-order valence-corrected chi connectivity index (χ0v) is 35.4. The molecule has 0 aliphatic carbocycles. The monoisotopic (exact) mass is 721 g/mol. The summed E-state index contributed by atoms with van der Waals surface area (Å²) < 4.78 is 13.7. The van der Waals surface area contributed by atoms with Gasteiger partial charge < -0.3 is 25.0 Å². The Labute approximate surface area is 321 Å². The predicted molar refractivity (Wildman–Crippen MR) is 228 cm³/mol. The van der Waals surface area contributed by atoms with Gasteiger partial charge in [-0.05, 0) is 83.7 Å². The van der Waals surface area contributed by atoms with Gasteiger partial charge in [0.1, 0.15) is 12.6 Å². The summed E-state index contributed by atoms with van der Waals surface area (Å²) in [6.07, 6.45) is 48.4. The molecule has 5 heteroatoms. The number of quaternary nitrogens is 1. The van der Waals surface area contributed by atoms with Crippen LogP contribution in [0.1, 0.15) is 200 Å². The average molecular weight is 721 g/mol. The van der Waals surface area contributed by atoms with Gasteiger partial charge in [-0.1, -0.05) is 154 Å². The van der Waals surface area contributed by atoms with Gasteiger partial charge in [-0.15, -0.1) is 0 Å². The van der Waals surface area contributed by atoms with Crippen LogP contribution in [0.4, 0.5) is 0 Å². The number of hydrogen-bond donors (Lipinski definition) is 2. The summed E-state index contributed by atoms with van der Waals surface area (Å²) in [4.78, 5) is 0. The van der Waals surface area contributed by atoms with Crippen LogP contribution >= 0.6 is 0 Å². The van der Waals surface area contributed by atoms with Gasteiger partial charge in [0.25, 0.3) is 0 Å². The highest BCUT2D eigenvalue weighted by Crippen LogP contribution is 2.13. The molecule has 1 unspecified atom stereocenters. The Morgan fingerprint density at radius 1 is 0.510 bits per heavy atom. The Morgan fingerprint density at radius 2 is 0.922 bits per heavy atom. The Balaban J connectivity index is 4.05. The first kappa shape index (κ1) is 50.3. The standard InChI is InChI=1S/C46H94N3O2/c1-5-7-9-11-13-15-17-19-21-23-25-27-29-31-33-35-42-50-45-46(44-49(3,4)41-40-48-39-37-38-47)51-43-36-34-32-30-28-26-24-22-20-18-16-14-12-10-8-6-2/h19-22,46,48H,5-18,23-45,47H2,1-4H3/q+1/b21-19+,22-20+. The zero-order chi connectivity index (χ0) is 37.2. The minimum atomic E-state index is 0.168. The van der Waals surface area contributed by atoms with Crippen LogP contribution in [0.2, 0.25) is 0 Å². The van der Waals surface area contributed by atoms with Gasteiger partial charge in [-0.2, -0.15) is 0 Å². The van der Waals surface area contributed by atoms with E-state index < -0.39 is 0 Å². The maximum atomic E-state index is 6.48. The van der Waals surface area contributed by atoms with E-state index in [2.05, 4.69) is 57.6 Å². The molecule has 0 aliphatic rings. The summed E-state index contributed by atoms with van der Waals surface area (Å²) >= 11 is 0. The third-order valence-electron chi connectivity index (χ3n) is 10.3. The van der Waals surface area contributed by atoms with Crippen LogP contribution in [0.15, 0.2) is 24.3 Å². The smallest absolute Gasteiger partial charge is 0.130 e. The summed E-state index contributed by atoms with van der Waals surface area (Å²) in [5.41, 5.74) is 5.66. The van der Waals surface area contributed by atoms with Gasteiger partial charge in [0.05, 0.1) is 27.2 Å². The van der Waals surface area contributed by atoms with E-state index in [-0.39, 0.29) is 6.10 Å². The Kier molecular flexibility index (Phi) is 41.4. The quantitative estimate of drug-likeness (QED) is 0.0374. The molecule has 304 valence electrons. The molecule has 5 nitrogen and oxygen atoms in total. The summed E-state index contributed by atoms with van der Waals surface area (Å²) in [5.74, 6) is 0. The predicted octanol–water partition coefficient (Wildman–Crippen LogP) is 12.5. The third kappa shape index (κ3) is 41.9. The van der Waals surface area contributed by atoms with Gasteiger partial charge >= 0.3 is 0 Å². The summed E-state index contributed by atoms with van der Waals surface area (Å²) in [7, 11) is 4.66. The van der Waals surface area contributed by atoms with Gasteiger partial charge in [-0.3, -0.25) is 0 Å². The molecule has 0 aromatic rings. The van der Waals surface area contributed by atoms with Gasteiger partial charge in [0.2, 0.25) is 0 Å². The lowest BCUT2D eigenvalue weighted by Crippen LogP contribution is -2.50. The van der Waals surface area contributed by atoms with Crippen LogP contribution in [0.25, 0.3) is 0 Å². The lowest BCUT2D eigenvalue weighted by Gasteiger charge is -2.33. The van der Waals surface area contributed by atoms with E-state index in [1.165, 1.54) is 173 Å². The molecule has 0 spiro atoms. The third-order valence-corrected chi connectivity index (χ3v) is 10.3. The van der Waals surface area contributed by atoms with Gasteiger partial charge in [-0.25, -0.2) is 0 Å².